The van der Waals surface area contributed by atoms with Crippen LogP contribution in [-0.2, 0) is 0 Å². The fraction of sp³-hybridized carbons (Fsp3) is 0.100. The molecule has 0 bridgehead atoms. The predicted molar refractivity (Wildman–Crippen MR) is 55.0 cm³/mol. The monoisotopic (exact) mass is 193 g/mol. The lowest BCUT2D eigenvalue weighted by molar-refractivity contribution is 0.475. The summed E-state index contributed by atoms with van der Waals surface area (Å²) < 4.78 is 0. The molecule has 68 valence electrons. The van der Waals surface area contributed by atoms with Gasteiger partial charge in [0.1, 0.15) is 5.75 Å². The van der Waals surface area contributed by atoms with Crippen LogP contribution in [0, 0.1) is 6.92 Å². The maximum absolute atomic E-state index is 8.76. The van der Waals surface area contributed by atoms with Crippen molar-refractivity contribution in [1.29, 1.82) is 0 Å². The van der Waals surface area contributed by atoms with Crippen LogP contribution in [0.1, 0.15) is 5.56 Å². The van der Waals surface area contributed by atoms with Crippen molar-refractivity contribution in [2.45, 2.75) is 6.92 Å². The third kappa shape index (κ3) is 4.28. The van der Waals surface area contributed by atoms with Crippen LogP contribution in [0.2, 0.25) is 0 Å². The van der Waals surface area contributed by atoms with E-state index in [1.807, 2.05) is 24.4 Å². The Morgan fingerprint density at radius 1 is 1.23 bits per heavy atom. The van der Waals surface area contributed by atoms with Gasteiger partial charge in [-0.3, -0.25) is 4.98 Å². The van der Waals surface area contributed by atoms with Crippen LogP contribution in [0.4, 0.5) is 0 Å². The van der Waals surface area contributed by atoms with Crippen molar-refractivity contribution < 1.29 is 5.11 Å². The molecule has 0 aliphatic rings. The number of phenolic OH excluding ortho intramolecular Hbond substituents is 1. The zero-order valence-electron chi connectivity index (χ0n) is 7.34. The number of thiazole rings is 1. The SMILES string of the molecule is Cc1ccc(O)cc1.c1cscn1. The molecule has 2 aromatic rings. The van der Waals surface area contributed by atoms with Crippen LogP contribution in [-0.4, -0.2) is 10.1 Å². The normalized spacial score (nSPS) is 8.69. The zero-order chi connectivity index (χ0) is 9.52. The van der Waals surface area contributed by atoms with Gasteiger partial charge in [-0.25, -0.2) is 0 Å². The summed E-state index contributed by atoms with van der Waals surface area (Å²) in [5, 5.41) is 10.7. The van der Waals surface area contributed by atoms with Crippen LogP contribution >= 0.6 is 11.3 Å². The van der Waals surface area contributed by atoms with Crippen molar-refractivity contribution in [2.24, 2.45) is 0 Å². The second kappa shape index (κ2) is 5.32. The summed E-state index contributed by atoms with van der Waals surface area (Å²) in [6.07, 6.45) is 1.77. The van der Waals surface area contributed by atoms with Gasteiger partial charge in [0.15, 0.2) is 0 Å². The second-order valence-corrected chi connectivity index (χ2v) is 3.27. The van der Waals surface area contributed by atoms with Crippen LogP contribution in [0.5, 0.6) is 5.75 Å². The average Bonchev–Trinajstić information content (AvgIpc) is 2.68. The van der Waals surface area contributed by atoms with E-state index in [0.717, 1.165) is 0 Å². The molecule has 0 atom stereocenters. The molecule has 0 saturated carbocycles. The van der Waals surface area contributed by atoms with Gasteiger partial charge in [0.05, 0.1) is 5.51 Å². The Bertz CT molecular complexity index is 277. The number of benzene rings is 1. The summed E-state index contributed by atoms with van der Waals surface area (Å²) >= 11 is 1.60. The number of nitrogens with zero attached hydrogens (tertiary/aromatic N) is 1. The highest BCUT2D eigenvalue weighted by atomic mass is 32.1. The molecule has 1 heterocycles. The fourth-order valence-electron chi connectivity index (χ4n) is 0.720. The third-order valence-electron chi connectivity index (χ3n) is 1.38. The minimum absolute atomic E-state index is 0.329. The fourth-order valence-corrected chi connectivity index (χ4v) is 1.07. The first-order valence-corrected chi connectivity index (χ1v) is 4.81. The molecule has 13 heavy (non-hydrogen) atoms. The van der Waals surface area contributed by atoms with E-state index < -0.39 is 0 Å². The molecule has 0 unspecified atom stereocenters. The van der Waals surface area contributed by atoms with E-state index in [2.05, 4.69) is 4.98 Å². The van der Waals surface area contributed by atoms with Crippen molar-refractivity contribution >= 4 is 11.3 Å². The van der Waals surface area contributed by atoms with Gasteiger partial charge in [-0.15, -0.1) is 11.3 Å². The first kappa shape index (κ1) is 9.74. The van der Waals surface area contributed by atoms with Gasteiger partial charge in [0.2, 0.25) is 0 Å². The molecule has 0 radical (unpaired) electrons. The van der Waals surface area contributed by atoms with Crippen molar-refractivity contribution in [3.05, 3.63) is 46.9 Å². The quantitative estimate of drug-likeness (QED) is 0.698. The standard InChI is InChI=1S/C7H8O.C3H3NS/c1-6-2-4-7(8)5-3-6;1-2-5-3-4-1/h2-5,8H,1H3;1-3H. The van der Waals surface area contributed by atoms with E-state index in [1.54, 1.807) is 35.2 Å². The number of rotatable bonds is 0. The molecule has 0 fully saturated rings. The lowest BCUT2D eigenvalue weighted by Crippen LogP contribution is -1.66. The minimum Gasteiger partial charge on any atom is -0.508 e. The van der Waals surface area contributed by atoms with Gasteiger partial charge >= 0.3 is 0 Å². The van der Waals surface area contributed by atoms with Crippen LogP contribution in [0.25, 0.3) is 0 Å². The Kier molecular flexibility index (Phi) is 3.99. The van der Waals surface area contributed by atoms with Gasteiger partial charge in [0.25, 0.3) is 0 Å². The number of aromatic nitrogens is 1. The van der Waals surface area contributed by atoms with E-state index in [9.17, 15) is 0 Å². The Morgan fingerprint density at radius 3 is 2.23 bits per heavy atom. The Balaban J connectivity index is 0.000000145. The smallest absolute Gasteiger partial charge is 0.115 e. The molecule has 0 amide bonds. The number of phenols is 1. The molecule has 2 nitrogen and oxygen atoms in total. The summed E-state index contributed by atoms with van der Waals surface area (Å²) in [4.78, 5) is 3.74. The summed E-state index contributed by atoms with van der Waals surface area (Å²) in [6, 6.07) is 7.09. The number of hydrogen-bond acceptors (Lipinski definition) is 3. The lowest BCUT2D eigenvalue weighted by Gasteiger charge is -1.89. The van der Waals surface area contributed by atoms with Gasteiger partial charge in [-0.1, -0.05) is 17.7 Å². The summed E-state index contributed by atoms with van der Waals surface area (Å²) in [7, 11) is 0. The number of aryl methyl sites for hydroxylation is 1. The van der Waals surface area contributed by atoms with Crippen LogP contribution in [0.3, 0.4) is 0 Å². The summed E-state index contributed by atoms with van der Waals surface area (Å²) in [5.41, 5.74) is 2.96. The third-order valence-corrected chi connectivity index (χ3v) is 1.90. The molecule has 1 N–H and O–H groups in total. The van der Waals surface area contributed by atoms with E-state index >= 15 is 0 Å². The highest BCUT2D eigenvalue weighted by Crippen LogP contribution is 2.07. The predicted octanol–water partition coefficient (Wildman–Crippen LogP) is 2.84. The van der Waals surface area contributed by atoms with Crippen LogP contribution in [0.15, 0.2) is 41.4 Å². The van der Waals surface area contributed by atoms with Gasteiger partial charge in [-0.2, -0.15) is 0 Å². The first-order chi connectivity index (χ1) is 6.29. The Labute approximate surface area is 81.5 Å². The van der Waals surface area contributed by atoms with Crippen molar-refractivity contribution in [1.82, 2.24) is 4.98 Å². The topological polar surface area (TPSA) is 33.1 Å². The first-order valence-electron chi connectivity index (χ1n) is 3.87. The Morgan fingerprint density at radius 2 is 1.92 bits per heavy atom. The summed E-state index contributed by atoms with van der Waals surface area (Å²) in [5.74, 6) is 0.329. The maximum atomic E-state index is 8.76. The van der Waals surface area contributed by atoms with Crippen molar-refractivity contribution in [3.8, 4) is 5.75 Å². The molecule has 0 saturated heterocycles. The maximum Gasteiger partial charge on any atom is 0.115 e. The second-order valence-electron chi connectivity index (χ2n) is 2.51. The van der Waals surface area contributed by atoms with E-state index in [4.69, 9.17) is 5.11 Å². The van der Waals surface area contributed by atoms with E-state index in [0.29, 0.717) is 5.75 Å². The van der Waals surface area contributed by atoms with E-state index in [-0.39, 0.29) is 0 Å². The lowest BCUT2D eigenvalue weighted by atomic mass is 10.2. The average molecular weight is 193 g/mol. The Hall–Kier alpha value is -1.35. The van der Waals surface area contributed by atoms with Crippen LogP contribution < -0.4 is 0 Å². The van der Waals surface area contributed by atoms with Crippen molar-refractivity contribution in [2.75, 3.05) is 0 Å². The minimum atomic E-state index is 0.329. The molecule has 3 heteroatoms. The molecule has 1 aromatic carbocycles. The highest BCUT2D eigenvalue weighted by molar-refractivity contribution is 7.07. The molecular weight excluding hydrogens is 182 g/mol. The van der Waals surface area contributed by atoms with Gasteiger partial charge in [0, 0.05) is 11.6 Å². The van der Waals surface area contributed by atoms with Crippen molar-refractivity contribution in [3.63, 3.8) is 0 Å². The van der Waals surface area contributed by atoms with Gasteiger partial charge in [-0.05, 0) is 19.1 Å². The molecule has 1 aromatic heterocycles. The molecule has 0 spiro atoms. The van der Waals surface area contributed by atoms with Gasteiger partial charge < -0.3 is 5.11 Å². The molecule has 0 aliphatic heterocycles. The largest absolute Gasteiger partial charge is 0.508 e. The molecule has 2 rings (SSSR count). The summed E-state index contributed by atoms with van der Waals surface area (Å²) in [6.45, 7) is 1.99. The van der Waals surface area contributed by atoms with E-state index in [1.165, 1.54) is 5.56 Å². The highest BCUT2D eigenvalue weighted by Gasteiger charge is 1.82. The molecular formula is C10H11NOS. The zero-order valence-corrected chi connectivity index (χ0v) is 8.16. The number of hydrogen-bond donors (Lipinski definition) is 1. The molecule has 0 aliphatic carbocycles. The number of aromatic hydroxyl groups is 1.